The molecule has 31 heavy (non-hydrogen) atoms. The van der Waals surface area contributed by atoms with Crippen LogP contribution in [0.2, 0.25) is 5.02 Å². The molecule has 6 nitrogen and oxygen atoms in total. The van der Waals surface area contributed by atoms with Crippen molar-refractivity contribution in [3.8, 4) is 5.75 Å². The average Bonchev–Trinajstić information content (AvgIpc) is 2.74. The van der Waals surface area contributed by atoms with Crippen LogP contribution in [0.5, 0.6) is 5.75 Å². The lowest BCUT2D eigenvalue weighted by atomic mass is 9.97. The van der Waals surface area contributed by atoms with E-state index in [-0.39, 0.29) is 40.8 Å². The highest BCUT2D eigenvalue weighted by molar-refractivity contribution is 7.89. The van der Waals surface area contributed by atoms with Gasteiger partial charge in [-0.1, -0.05) is 74.0 Å². The molecule has 0 heterocycles. The van der Waals surface area contributed by atoms with E-state index in [9.17, 15) is 13.2 Å². The van der Waals surface area contributed by atoms with Gasteiger partial charge >= 0.3 is 0 Å². The van der Waals surface area contributed by atoms with Crippen molar-refractivity contribution in [3.63, 3.8) is 0 Å². The molecule has 8 heteroatoms. The number of hydrogen-bond acceptors (Lipinski definition) is 4. The quantitative estimate of drug-likeness (QED) is 0.605. The number of amides is 1. The Morgan fingerprint density at radius 2 is 1.68 bits per heavy atom. The van der Waals surface area contributed by atoms with Crippen molar-refractivity contribution in [1.29, 1.82) is 0 Å². The van der Waals surface area contributed by atoms with Gasteiger partial charge in [-0.05, 0) is 36.6 Å². The number of carbonyl (C=O) groups excluding carboxylic acids is 1. The first-order valence-corrected chi connectivity index (χ1v) is 12.6. The normalized spacial score (nSPS) is 15.6. The third kappa shape index (κ3) is 7.52. The van der Waals surface area contributed by atoms with Gasteiger partial charge in [0.15, 0.2) is 6.61 Å². The van der Waals surface area contributed by atoms with Crippen LogP contribution in [0.1, 0.15) is 50.5 Å². The van der Waals surface area contributed by atoms with E-state index in [1.54, 1.807) is 0 Å². The second kappa shape index (κ2) is 11.5. The zero-order chi connectivity index (χ0) is 22.1. The van der Waals surface area contributed by atoms with Crippen molar-refractivity contribution in [1.82, 2.24) is 10.0 Å². The Bertz CT molecular complexity index is 959. The molecule has 1 aliphatic rings. The fourth-order valence-corrected chi connectivity index (χ4v) is 4.98. The van der Waals surface area contributed by atoms with E-state index >= 15 is 0 Å². The Morgan fingerprint density at radius 1 is 1.00 bits per heavy atom. The highest BCUT2D eigenvalue weighted by Crippen LogP contribution is 2.27. The maximum atomic E-state index is 12.5. The van der Waals surface area contributed by atoms with Crippen LogP contribution >= 0.6 is 11.6 Å². The Labute approximate surface area is 189 Å². The van der Waals surface area contributed by atoms with Gasteiger partial charge in [0.2, 0.25) is 10.0 Å². The zero-order valence-electron chi connectivity index (χ0n) is 17.5. The largest absolute Gasteiger partial charge is 0.482 e. The second-order valence-electron chi connectivity index (χ2n) is 7.80. The number of rotatable bonds is 8. The molecule has 0 aromatic heterocycles. The molecule has 1 aliphatic carbocycles. The lowest BCUT2D eigenvalue weighted by Crippen LogP contribution is -2.38. The fraction of sp³-hybridized carbons (Fsp3) is 0.435. The summed E-state index contributed by atoms with van der Waals surface area (Å²) in [6, 6.07) is 13.7. The standard InChI is InChI=1S/C23H29ClN2O4S/c24-21-15-20(31(28,29)25-16-18-9-5-4-6-10-18)13-14-22(21)30-17-23(27)26-19-11-7-2-1-3-8-12-19/h4-6,9-10,13-15,19,25H,1-3,7-8,11-12,16-17H2,(H,26,27). The molecule has 0 radical (unpaired) electrons. The summed E-state index contributed by atoms with van der Waals surface area (Å²) in [4.78, 5) is 12.3. The van der Waals surface area contributed by atoms with Gasteiger partial charge in [0.1, 0.15) is 5.75 Å². The minimum absolute atomic E-state index is 0.0414. The Balaban J connectivity index is 1.53. The molecular formula is C23H29ClN2O4S. The first-order valence-electron chi connectivity index (χ1n) is 10.7. The van der Waals surface area contributed by atoms with Crippen molar-refractivity contribution in [3.05, 3.63) is 59.1 Å². The van der Waals surface area contributed by atoms with Gasteiger partial charge in [0, 0.05) is 12.6 Å². The van der Waals surface area contributed by atoms with E-state index in [1.165, 1.54) is 37.5 Å². The molecule has 3 rings (SSSR count). The summed E-state index contributed by atoms with van der Waals surface area (Å²) in [6.45, 7) is 0.0228. The van der Waals surface area contributed by atoms with E-state index in [1.807, 2.05) is 30.3 Å². The van der Waals surface area contributed by atoms with Crippen LogP contribution in [0, 0.1) is 0 Å². The van der Waals surface area contributed by atoms with E-state index in [2.05, 4.69) is 10.0 Å². The molecule has 0 spiro atoms. The van der Waals surface area contributed by atoms with Crippen LogP contribution in [0.25, 0.3) is 0 Å². The monoisotopic (exact) mass is 464 g/mol. The molecular weight excluding hydrogens is 436 g/mol. The summed E-state index contributed by atoms with van der Waals surface area (Å²) in [7, 11) is -3.72. The molecule has 0 saturated heterocycles. The number of benzene rings is 2. The Kier molecular flexibility index (Phi) is 8.75. The van der Waals surface area contributed by atoms with Crippen LogP contribution < -0.4 is 14.8 Å². The van der Waals surface area contributed by atoms with Gasteiger partial charge < -0.3 is 10.1 Å². The number of ether oxygens (including phenoxy) is 1. The number of nitrogens with one attached hydrogen (secondary N) is 2. The maximum Gasteiger partial charge on any atom is 0.258 e. The van der Waals surface area contributed by atoms with Gasteiger partial charge in [0.05, 0.1) is 9.92 Å². The summed E-state index contributed by atoms with van der Waals surface area (Å²) in [5.41, 5.74) is 0.854. The van der Waals surface area contributed by atoms with Gasteiger partial charge in [-0.2, -0.15) is 0 Å². The van der Waals surface area contributed by atoms with E-state index in [4.69, 9.17) is 16.3 Å². The molecule has 2 N–H and O–H groups in total. The van der Waals surface area contributed by atoms with Crippen molar-refractivity contribution in [2.24, 2.45) is 0 Å². The number of halogens is 1. The molecule has 1 amide bonds. The van der Waals surface area contributed by atoms with E-state index < -0.39 is 10.0 Å². The smallest absolute Gasteiger partial charge is 0.258 e. The van der Waals surface area contributed by atoms with Crippen LogP contribution in [0.3, 0.4) is 0 Å². The third-order valence-corrected chi connectivity index (χ3v) is 7.05. The molecule has 168 valence electrons. The number of sulfonamides is 1. The van der Waals surface area contributed by atoms with Crippen molar-refractivity contribution in [2.45, 2.75) is 62.4 Å². The van der Waals surface area contributed by atoms with E-state index in [0.29, 0.717) is 0 Å². The van der Waals surface area contributed by atoms with Crippen LogP contribution in [0.4, 0.5) is 0 Å². The minimum atomic E-state index is -3.72. The van der Waals surface area contributed by atoms with Crippen LogP contribution in [-0.4, -0.2) is 27.0 Å². The first kappa shape index (κ1) is 23.6. The SMILES string of the molecule is O=C(COc1ccc(S(=O)(=O)NCc2ccccc2)cc1Cl)NC1CCCCCCC1. The highest BCUT2D eigenvalue weighted by atomic mass is 35.5. The summed E-state index contributed by atoms with van der Waals surface area (Å²) >= 11 is 6.22. The molecule has 2 aromatic carbocycles. The van der Waals surface area contributed by atoms with Crippen LogP contribution in [-0.2, 0) is 21.4 Å². The maximum absolute atomic E-state index is 12.5. The number of hydrogen-bond donors (Lipinski definition) is 2. The summed E-state index contributed by atoms with van der Waals surface area (Å²) in [6.07, 6.45) is 7.96. The topological polar surface area (TPSA) is 84.5 Å². The highest BCUT2D eigenvalue weighted by Gasteiger charge is 2.18. The fourth-order valence-electron chi connectivity index (χ4n) is 3.64. The molecule has 1 saturated carbocycles. The molecule has 2 aromatic rings. The lowest BCUT2D eigenvalue weighted by Gasteiger charge is -2.21. The Morgan fingerprint density at radius 3 is 2.35 bits per heavy atom. The lowest BCUT2D eigenvalue weighted by molar-refractivity contribution is -0.123. The predicted molar refractivity (Wildman–Crippen MR) is 122 cm³/mol. The number of carbonyl (C=O) groups is 1. The van der Waals surface area contributed by atoms with Gasteiger partial charge in [0.25, 0.3) is 5.91 Å². The van der Waals surface area contributed by atoms with Crippen molar-refractivity contribution in [2.75, 3.05) is 6.61 Å². The van der Waals surface area contributed by atoms with Crippen molar-refractivity contribution < 1.29 is 17.9 Å². The average molecular weight is 465 g/mol. The minimum Gasteiger partial charge on any atom is -0.482 e. The molecule has 1 fully saturated rings. The summed E-state index contributed by atoms with van der Waals surface area (Å²) in [5, 5.41) is 3.17. The predicted octanol–water partition coefficient (Wildman–Crippen LogP) is 4.43. The van der Waals surface area contributed by atoms with Gasteiger partial charge in [-0.15, -0.1) is 0 Å². The van der Waals surface area contributed by atoms with E-state index in [0.717, 1.165) is 31.2 Å². The van der Waals surface area contributed by atoms with Gasteiger partial charge in [-0.3, -0.25) is 4.79 Å². The molecule has 0 bridgehead atoms. The first-order chi connectivity index (χ1) is 14.9. The molecule has 0 unspecified atom stereocenters. The third-order valence-electron chi connectivity index (χ3n) is 5.35. The summed E-state index contributed by atoms with van der Waals surface area (Å²) in [5.74, 6) is 0.0827. The summed E-state index contributed by atoms with van der Waals surface area (Å²) < 4.78 is 33.2. The van der Waals surface area contributed by atoms with Crippen molar-refractivity contribution >= 4 is 27.5 Å². The Hall–Kier alpha value is -2.09. The molecule has 0 aliphatic heterocycles. The molecule has 0 atom stereocenters. The van der Waals surface area contributed by atoms with Gasteiger partial charge in [-0.25, -0.2) is 13.1 Å². The zero-order valence-corrected chi connectivity index (χ0v) is 19.1. The second-order valence-corrected chi connectivity index (χ2v) is 9.97. The van der Waals surface area contributed by atoms with Crippen LogP contribution in [0.15, 0.2) is 53.4 Å².